The van der Waals surface area contributed by atoms with Crippen LogP contribution in [-0.2, 0) is 11.3 Å². The molecule has 0 spiro atoms. The number of amides is 2. The van der Waals surface area contributed by atoms with Crippen molar-refractivity contribution >= 4 is 57.4 Å². The zero-order valence-corrected chi connectivity index (χ0v) is 23.2. The van der Waals surface area contributed by atoms with Gasteiger partial charge in [0.25, 0.3) is 5.91 Å². The lowest BCUT2D eigenvalue weighted by Gasteiger charge is -2.17. The minimum atomic E-state index is -0.369. The van der Waals surface area contributed by atoms with Gasteiger partial charge in [-0.25, -0.2) is 9.97 Å². The number of fused-ring (bicyclic) bond motifs is 1. The maximum absolute atomic E-state index is 13.2. The average molecular weight is 550 g/mol. The zero-order chi connectivity index (χ0) is 27.4. The molecule has 1 heterocycles. The molecule has 0 atom stereocenters. The normalized spacial score (nSPS) is 11.3. The topological polar surface area (TPSA) is 96.0 Å². The van der Waals surface area contributed by atoms with Crippen molar-refractivity contribution in [2.75, 3.05) is 17.7 Å². The first-order valence-corrected chi connectivity index (χ1v) is 12.9. The minimum Gasteiger partial charge on any atom is -0.373 e. The second-order valence-electron chi connectivity index (χ2n) is 10.1. The van der Waals surface area contributed by atoms with Crippen LogP contribution in [0.5, 0.6) is 0 Å². The quantitative estimate of drug-likeness (QED) is 0.232. The van der Waals surface area contributed by atoms with E-state index in [0.717, 1.165) is 10.9 Å². The molecule has 0 saturated heterocycles. The second kappa shape index (κ2) is 11.4. The molecule has 3 N–H and O–H groups in total. The molecule has 0 fully saturated rings. The van der Waals surface area contributed by atoms with Crippen LogP contribution in [0.3, 0.4) is 0 Å². The molecule has 0 radical (unpaired) electrons. The first kappa shape index (κ1) is 27.4. The predicted molar refractivity (Wildman–Crippen MR) is 155 cm³/mol. The highest BCUT2D eigenvalue weighted by molar-refractivity contribution is 6.34. The lowest BCUT2D eigenvalue weighted by Crippen LogP contribution is -2.27. The molecular weight excluding hydrogens is 521 g/mol. The molecule has 0 aliphatic carbocycles. The van der Waals surface area contributed by atoms with Gasteiger partial charge in [0.1, 0.15) is 5.82 Å². The summed E-state index contributed by atoms with van der Waals surface area (Å²) in [5.41, 5.74) is 2.87. The molecule has 0 aliphatic heterocycles. The third kappa shape index (κ3) is 6.60. The fourth-order valence-corrected chi connectivity index (χ4v) is 4.38. The van der Waals surface area contributed by atoms with Crippen molar-refractivity contribution in [3.05, 3.63) is 81.8 Å². The Kier molecular flexibility index (Phi) is 8.19. The smallest absolute Gasteiger partial charge is 0.257 e. The number of nitrogens with one attached hydrogen (secondary N) is 3. The molecule has 0 unspecified atom stereocenters. The summed E-state index contributed by atoms with van der Waals surface area (Å²) in [6.07, 6.45) is 0.410. The number of halogens is 2. The number of benzene rings is 3. The summed E-state index contributed by atoms with van der Waals surface area (Å²) in [7, 11) is 1.79. The highest BCUT2D eigenvalue weighted by atomic mass is 35.5. The van der Waals surface area contributed by atoms with E-state index in [2.05, 4.69) is 20.9 Å². The number of carbonyl (C=O) groups is 2. The Morgan fingerprint density at radius 2 is 1.68 bits per heavy atom. The van der Waals surface area contributed by atoms with Gasteiger partial charge in [0.15, 0.2) is 5.82 Å². The summed E-state index contributed by atoms with van der Waals surface area (Å²) in [6, 6.07) is 17.9. The summed E-state index contributed by atoms with van der Waals surface area (Å²) in [5, 5.41) is 10.6. The number of aromatic nitrogens is 2. The number of carbonyl (C=O) groups excluding carboxylic acids is 2. The molecule has 7 nitrogen and oxygen atoms in total. The number of nitrogens with zero attached hydrogens (tertiary/aromatic N) is 2. The first-order chi connectivity index (χ1) is 18.0. The van der Waals surface area contributed by atoms with Crippen LogP contribution < -0.4 is 16.0 Å². The van der Waals surface area contributed by atoms with Crippen molar-refractivity contribution in [3.63, 3.8) is 0 Å². The molecule has 38 heavy (non-hydrogen) atoms. The SMILES string of the molecule is CNc1nc(-c2ccccc2Cl)nc2cc(NC(=O)c3cc(CNC(=O)CC(C)(C)C)ccc3Cl)ccc12. The third-order valence-electron chi connectivity index (χ3n) is 5.76. The van der Waals surface area contributed by atoms with Crippen LogP contribution in [0.25, 0.3) is 22.3 Å². The molecule has 4 rings (SSSR count). The molecule has 3 aromatic carbocycles. The molecule has 0 aliphatic rings. The summed E-state index contributed by atoms with van der Waals surface area (Å²) >= 11 is 12.7. The Bertz CT molecular complexity index is 1520. The van der Waals surface area contributed by atoms with Crippen molar-refractivity contribution < 1.29 is 9.59 Å². The van der Waals surface area contributed by atoms with Crippen molar-refractivity contribution in [1.82, 2.24) is 15.3 Å². The van der Waals surface area contributed by atoms with Gasteiger partial charge >= 0.3 is 0 Å². The highest BCUT2D eigenvalue weighted by Crippen LogP contribution is 2.30. The Balaban J connectivity index is 1.57. The van der Waals surface area contributed by atoms with Gasteiger partial charge in [-0.2, -0.15) is 0 Å². The van der Waals surface area contributed by atoms with Gasteiger partial charge in [0, 0.05) is 36.7 Å². The maximum Gasteiger partial charge on any atom is 0.257 e. The standard InChI is InChI=1S/C29H29Cl2N5O2/c1-29(2,3)15-25(37)33-16-17-9-12-23(31)21(13-17)28(38)34-18-10-11-20-24(14-18)35-27(36-26(20)32-4)19-7-5-6-8-22(19)30/h5-14H,15-16H2,1-4H3,(H,33,37)(H,34,38)(H,32,35,36). The monoisotopic (exact) mass is 549 g/mol. The van der Waals surface area contributed by atoms with Gasteiger partial charge in [-0.3, -0.25) is 9.59 Å². The van der Waals surface area contributed by atoms with E-state index in [9.17, 15) is 9.59 Å². The van der Waals surface area contributed by atoms with E-state index in [4.69, 9.17) is 28.2 Å². The Labute approximate surface area is 232 Å². The lowest BCUT2D eigenvalue weighted by atomic mass is 9.92. The fourth-order valence-electron chi connectivity index (χ4n) is 3.96. The maximum atomic E-state index is 13.2. The average Bonchev–Trinajstić information content (AvgIpc) is 2.86. The van der Waals surface area contributed by atoms with Crippen LogP contribution in [0.1, 0.15) is 43.1 Å². The molecular formula is C29H29Cl2N5O2. The molecule has 2 amide bonds. The largest absolute Gasteiger partial charge is 0.373 e. The molecule has 4 aromatic rings. The van der Waals surface area contributed by atoms with E-state index in [1.165, 1.54) is 0 Å². The predicted octanol–water partition coefficient (Wildman–Crippen LogP) is 6.95. The van der Waals surface area contributed by atoms with Crippen LogP contribution in [0.15, 0.2) is 60.7 Å². The van der Waals surface area contributed by atoms with E-state index >= 15 is 0 Å². The van der Waals surface area contributed by atoms with Crippen LogP contribution >= 0.6 is 23.2 Å². The van der Waals surface area contributed by atoms with Gasteiger partial charge < -0.3 is 16.0 Å². The van der Waals surface area contributed by atoms with Crippen LogP contribution in [0.4, 0.5) is 11.5 Å². The van der Waals surface area contributed by atoms with Crippen molar-refractivity contribution in [3.8, 4) is 11.4 Å². The van der Waals surface area contributed by atoms with E-state index < -0.39 is 0 Å². The van der Waals surface area contributed by atoms with E-state index in [1.54, 1.807) is 43.4 Å². The highest BCUT2D eigenvalue weighted by Gasteiger charge is 2.17. The van der Waals surface area contributed by atoms with Gasteiger partial charge in [-0.15, -0.1) is 0 Å². The van der Waals surface area contributed by atoms with E-state index in [-0.39, 0.29) is 17.2 Å². The minimum absolute atomic E-state index is 0.0475. The molecule has 9 heteroatoms. The molecule has 1 aromatic heterocycles. The lowest BCUT2D eigenvalue weighted by molar-refractivity contribution is -0.122. The second-order valence-corrected chi connectivity index (χ2v) is 11.0. The summed E-state index contributed by atoms with van der Waals surface area (Å²) in [5.74, 6) is 0.701. The van der Waals surface area contributed by atoms with Crippen molar-refractivity contribution in [2.45, 2.75) is 33.7 Å². The van der Waals surface area contributed by atoms with Gasteiger partial charge in [-0.05, 0) is 53.4 Å². The van der Waals surface area contributed by atoms with Gasteiger partial charge in [0.05, 0.1) is 21.1 Å². The van der Waals surface area contributed by atoms with Crippen molar-refractivity contribution in [1.29, 1.82) is 0 Å². The third-order valence-corrected chi connectivity index (χ3v) is 6.42. The number of hydrogen-bond donors (Lipinski definition) is 3. The van der Waals surface area contributed by atoms with Crippen LogP contribution in [0, 0.1) is 5.41 Å². The first-order valence-electron chi connectivity index (χ1n) is 12.1. The number of anilines is 2. The summed E-state index contributed by atoms with van der Waals surface area (Å²) in [4.78, 5) is 34.7. The summed E-state index contributed by atoms with van der Waals surface area (Å²) in [6.45, 7) is 6.32. The Hall–Kier alpha value is -3.68. The van der Waals surface area contributed by atoms with Crippen LogP contribution in [0.2, 0.25) is 10.0 Å². The molecule has 0 saturated carbocycles. The van der Waals surface area contributed by atoms with Crippen molar-refractivity contribution in [2.24, 2.45) is 5.41 Å². The van der Waals surface area contributed by atoms with E-state index in [0.29, 0.717) is 57.0 Å². The fraction of sp³-hybridized carbons (Fsp3) is 0.241. The molecule has 0 bridgehead atoms. The Morgan fingerprint density at radius 3 is 2.39 bits per heavy atom. The Morgan fingerprint density at radius 1 is 0.921 bits per heavy atom. The zero-order valence-electron chi connectivity index (χ0n) is 21.7. The number of hydrogen-bond acceptors (Lipinski definition) is 5. The van der Waals surface area contributed by atoms with E-state index in [1.807, 2.05) is 45.0 Å². The van der Waals surface area contributed by atoms with Crippen LogP contribution in [-0.4, -0.2) is 28.8 Å². The number of rotatable bonds is 7. The molecule has 196 valence electrons. The van der Waals surface area contributed by atoms with Gasteiger partial charge in [0.2, 0.25) is 5.91 Å². The summed E-state index contributed by atoms with van der Waals surface area (Å²) < 4.78 is 0. The van der Waals surface area contributed by atoms with Gasteiger partial charge in [-0.1, -0.05) is 62.2 Å².